The molecule has 1 aliphatic rings. The van der Waals surface area contributed by atoms with Crippen LogP contribution in [0.2, 0.25) is 0 Å². The zero-order valence-electron chi connectivity index (χ0n) is 11.5. The third kappa shape index (κ3) is 4.08. The van der Waals surface area contributed by atoms with E-state index in [2.05, 4.69) is 20.8 Å². The molecule has 1 nitrogen and oxygen atoms in total. The summed E-state index contributed by atoms with van der Waals surface area (Å²) in [5.74, 6) is 1.23. The van der Waals surface area contributed by atoms with Crippen LogP contribution < -0.4 is 0 Å². The van der Waals surface area contributed by atoms with Crippen molar-refractivity contribution in [3.63, 3.8) is 0 Å². The SMILES string of the molecule is CCCCCCCC1(O)CC(C)CCC1C. The minimum Gasteiger partial charge on any atom is -0.390 e. The summed E-state index contributed by atoms with van der Waals surface area (Å²) in [6.07, 6.45) is 11.1. The van der Waals surface area contributed by atoms with Crippen LogP contribution in [0.5, 0.6) is 0 Å². The smallest absolute Gasteiger partial charge is 0.0675 e. The van der Waals surface area contributed by atoms with E-state index in [0.717, 1.165) is 18.8 Å². The minimum atomic E-state index is -0.343. The van der Waals surface area contributed by atoms with Gasteiger partial charge in [-0.25, -0.2) is 0 Å². The summed E-state index contributed by atoms with van der Waals surface area (Å²) in [4.78, 5) is 0. The molecule has 0 saturated heterocycles. The number of aliphatic hydroxyl groups is 1. The molecule has 1 N–H and O–H groups in total. The molecule has 0 heterocycles. The van der Waals surface area contributed by atoms with Crippen LogP contribution in [-0.2, 0) is 0 Å². The monoisotopic (exact) mass is 226 g/mol. The molecule has 0 aromatic carbocycles. The highest BCUT2D eigenvalue weighted by atomic mass is 16.3. The van der Waals surface area contributed by atoms with Gasteiger partial charge in [0, 0.05) is 0 Å². The maximum Gasteiger partial charge on any atom is 0.0675 e. The van der Waals surface area contributed by atoms with E-state index in [4.69, 9.17) is 0 Å². The van der Waals surface area contributed by atoms with Gasteiger partial charge in [-0.05, 0) is 31.1 Å². The van der Waals surface area contributed by atoms with Crippen molar-refractivity contribution in [3.8, 4) is 0 Å². The van der Waals surface area contributed by atoms with E-state index in [9.17, 15) is 5.11 Å². The van der Waals surface area contributed by atoms with Gasteiger partial charge >= 0.3 is 0 Å². The Morgan fingerprint density at radius 1 is 1.06 bits per heavy atom. The van der Waals surface area contributed by atoms with Crippen LogP contribution in [0.4, 0.5) is 0 Å². The van der Waals surface area contributed by atoms with Crippen LogP contribution in [0.25, 0.3) is 0 Å². The molecule has 0 aromatic heterocycles. The van der Waals surface area contributed by atoms with E-state index >= 15 is 0 Å². The Hall–Kier alpha value is -0.0400. The average molecular weight is 226 g/mol. The first-order valence-electron chi connectivity index (χ1n) is 7.31. The van der Waals surface area contributed by atoms with Crippen LogP contribution in [-0.4, -0.2) is 10.7 Å². The van der Waals surface area contributed by atoms with E-state index in [1.54, 1.807) is 0 Å². The molecule has 0 aromatic rings. The van der Waals surface area contributed by atoms with E-state index in [0.29, 0.717) is 5.92 Å². The second-order valence-electron chi connectivity index (χ2n) is 6.06. The second kappa shape index (κ2) is 6.64. The summed E-state index contributed by atoms with van der Waals surface area (Å²) >= 11 is 0. The normalized spacial score (nSPS) is 35.2. The van der Waals surface area contributed by atoms with Crippen LogP contribution >= 0.6 is 0 Å². The van der Waals surface area contributed by atoms with E-state index in [1.807, 2.05) is 0 Å². The molecular weight excluding hydrogens is 196 g/mol. The summed E-state index contributed by atoms with van der Waals surface area (Å²) < 4.78 is 0. The van der Waals surface area contributed by atoms with Crippen molar-refractivity contribution in [2.75, 3.05) is 0 Å². The fourth-order valence-corrected chi connectivity index (χ4v) is 3.09. The summed E-state index contributed by atoms with van der Waals surface area (Å²) in [7, 11) is 0. The molecule has 1 saturated carbocycles. The fourth-order valence-electron chi connectivity index (χ4n) is 3.09. The average Bonchev–Trinajstić information content (AvgIpc) is 2.24. The van der Waals surface area contributed by atoms with Gasteiger partial charge in [-0.1, -0.05) is 59.3 Å². The van der Waals surface area contributed by atoms with Crippen LogP contribution in [0.1, 0.15) is 78.6 Å². The van der Waals surface area contributed by atoms with Gasteiger partial charge in [0.15, 0.2) is 0 Å². The van der Waals surface area contributed by atoms with E-state index < -0.39 is 0 Å². The van der Waals surface area contributed by atoms with Crippen LogP contribution in [0, 0.1) is 11.8 Å². The molecule has 1 aliphatic carbocycles. The molecule has 1 rings (SSSR count). The standard InChI is InChI=1S/C15H30O/c1-4-5-6-7-8-11-15(16)12-13(2)9-10-14(15)3/h13-14,16H,4-12H2,1-3H3. The van der Waals surface area contributed by atoms with Crippen molar-refractivity contribution in [2.24, 2.45) is 11.8 Å². The van der Waals surface area contributed by atoms with Crippen LogP contribution in [0.15, 0.2) is 0 Å². The Kier molecular flexibility index (Phi) is 5.82. The summed E-state index contributed by atoms with van der Waals surface area (Å²) in [6.45, 7) is 6.77. The Balaban J connectivity index is 2.26. The molecule has 3 unspecified atom stereocenters. The number of rotatable bonds is 6. The van der Waals surface area contributed by atoms with Gasteiger partial charge < -0.3 is 5.11 Å². The zero-order valence-corrected chi connectivity index (χ0v) is 11.5. The lowest BCUT2D eigenvalue weighted by Crippen LogP contribution is -2.41. The fraction of sp³-hybridized carbons (Fsp3) is 1.00. The first-order valence-corrected chi connectivity index (χ1v) is 7.31. The lowest BCUT2D eigenvalue weighted by Gasteiger charge is -2.41. The molecular formula is C15H30O. The maximum absolute atomic E-state index is 10.7. The number of hydrogen-bond donors (Lipinski definition) is 1. The van der Waals surface area contributed by atoms with Gasteiger partial charge in [-0.3, -0.25) is 0 Å². The van der Waals surface area contributed by atoms with Gasteiger partial charge in [0.05, 0.1) is 5.60 Å². The minimum absolute atomic E-state index is 0.343. The molecule has 3 atom stereocenters. The molecule has 0 spiro atoms. The molecule has 16 heavy (non-hydrogen) atoms. The molecule has 0 bridgehead atoms. The quantitative estimate of drug-likeness (QED) is 0.660. The highest BCUT2D eigenvalue weighted by Gasteiger charge is 2.37. The van der Waals surface area contributed by atoms with Crippen molar-refractivity contribution in [2.45, 2.75) is 84.2 Å². The Labute approximate surface area is 102 Å². The van der Waals surface area contributed by atoms with Crippen molar-refractivity contribution >= 4 is 0 Å². The highest BCUT2D eigenvalue weighted by molar-refractivity contribution is 4.89. The summed E-state index contributed by atoms with van der Waals surface area (Å²) in [5, 5.41) is 10.7. The summed E-state index contributed by atoms with van der Waals surface area (Å²) in [5.41, 5.74) is -0.343. The van der Waals surface area contributed by atoms with Crippen molar-refractivity contribution < 1.29 is 5.11 Å². The van der Waals surface area contributed by atoms with Gasteiger partial charge in [0.2, 0.25) is 0 Å². The molecule has 0 radical (unpaired) electrons. The Morgan fingerprint density at radius 2 is 1.75 bits per heavy atom. The molecule has 96 valence electrons. The maximum atomic E-state index is 10.7. The van der Waals surface area contributed by atoms with Crippen molar-refractivity contribution in [3.05, 3.63) is 0 Å². The van der Waals surface area contributed by atoms with Gasteiger partial charge in [-0.2, -0.15) is 0 Å². The Morgan fingerprint density at radius 3 is 2.44 bits per heavy atom. The molecule has 0 aliphatic heterocycles. The highest BCUT2D eigenvalue weighted by Crippen LogP contribution is 2.39. The van der Waals surface area contributed by atoms with Crippen LogP contribution in [0.3, 0.4) is 0 Å². The lowest BCUT2D eigenvalue weighted by atomic mass is 9.70. The number of hydrogen-bond acceptors (Lipinski definition) is 1. The van der Waals surface area contributed by atoms with E-state index in [1.165, 1.54) is 44.9 Å². The number of unbranched alkanes of at least 4 members (excludes halogenated alkanes) is 4. The first kappa shape index (κ1) is 14.0. The largest absolute Gasteiger partial charge is 0.390 e. The van der Waals surface area contributed by atoms with Crippen molar-refractivity contribution in [1.29, 1.82) is 0 Å². The molecule has 1 heteroatoms. The predicted octanol–water partition coefficient (Wildman–Crippen LogP) is 4.53. The summed E-state index contributed by atoms with van der Waals surface area (Å²) in [6, 6.07) is 0. The lowest BCUT2D eigenvalue weighted by molar-refractivity contribution is -0.0644. The molecule has 0 amide bonds. The first-order chi connectivity index (χ1) is 7.58. The van der Waals surface area contributed by atoms with Gasteiger partial charge in [-0.15, -0.1) is 0 Å². The Bertz CT molecular complexity index is 190. The topological polar surface area (TPSA) is 20.2 Å². The zero-order chi connectivity index (χ0) is 12.0. The van der Waals surface area contributed by atoms with Gasteiger partial charge in [0.25, 0.3) is 0 Å². The van der Waals surface area contributed by atoms with Crippen molar-refractivity contribution in [1.82, 2.24) is 0 Å². The van der Waals surface area contributed by atoms with E-state index in [-0.39, 0.29) is 5.60 Å². The molecule has 1 fully saturated rings. The second-order valence-corrected chi connectivity index (χ2v) is 6.06. The predicted molar refractivity (Wildman–Crippen MR) is 70.5 cm³/mol. The third-order valence-electron chi connectivity index (χ3n) is 4.42. The third-order valence-corrected chi connectivity index (χ3v) is 4.42. The van der Waals surface area contributed by atoms with Gasteiger partial charge in [0.1, 0.15) is 0 Å².